The molecule has 2 aliphatic rings. The van der Waals surface area contributed by atoms with Crippen LogP contribution in [0.25, 0.3) is 0 Å². The van der Waals surface area contributed by atoms with Gasteiger partial charge >= 0.3 is 6.09 Å². The molecule has 1 saturated carbocycles. The number of nitrogens with zero attached hydrogens (tertiary/aromatic N) is 1. The Morgan fingerprint density at radius 2 is 1.57 bits per heavy atom. The van der Waals surface area contributed by atoms with Crippen LogP contribution in [0.2, 0.25) is 0 Å². The number of carbonyl (C=O) groups excluding carboxylic acids is 3. The second kappa shape index (κ2) is 13.4. The first kappa shape index (κ1) is 29.4. The molecule has 1 heterocycles. The van der Waals surface area contributed by atoms with E-state index in [0.717, 1.165) is 25.7 Å². The highest BCUT2D eigenvalue weighted by Gasteiger charge is 2.31. The summed E-state index contributed by atoms with van der Waals surface area (Å²) in [5.74, 6) is -0.0541. The van der Waals surface area contributed by atoms with E-state index in [1.54, 1.807) is 4.90 Å². The highest BCUT2D eigenvalue weighted by Crippen LogP contribution is 2.28. The predicted molar refractivity (Wildman–Crippen MR) is 134 cm³/mol. The van der Waals surface area contributed by atoms with Crippen molar-refractivity contribution in [3.8, 4) is 0 Å². The van der Waals surface area contributed by atoms with Gasteiger partial charge in [0.2, 0.25) is 11.8 Å². The molecule has 0 spiro atoms. The van der Waals surface area contributed by atoms with Crippen molar-refractivity contribution in [1.82, 2.24) is 15.5 Å². The molecule has 1 unspecified atom stereocenters. The molecule has 0 radical (unpaired) electrons. The van der Waals surface area contributed by atoms with Crippen LogP contribution >= 0.6 is 0 Å². The monoisotopic (exact) mass is 497 g/mol. The highest BCUT2D eigenvalue weighted by molar-refractivity contribution is 5.88. The molecule has 2 fully saturated rings. The molecule has 2 N–H and O–H groups in total. The van der Waals surface area contributed by atoms with E-state index in [4.69, 9.17) is 14.2 Å². The molecule has 35 heavy (non-hydrogen) atoms. The second-order valence-corrected chi connectivity index (χ2v) is 11.7. The molecule has 0 bridgehead atoms. The van der Waals surface area contributed by atoms with Crippen LogP contribution in [0, 0.1) is 5.92 Å². The molecule has 9 heteroatoms. The molecule has 2 rings (SSSR count). The van der Waals surface area contributed by atoms with Crippen LogP contribution < -0.4 is 10.6 Å². The molecule has 1 aliphatic carbocycles. The fourth-order valence-corrected chi connectivity index (χ4v) is 4.49. The average molecular weight is 498 g/mol. The largest absolute Gasteiger partial charge is 0.444 e. The minimum Gasteiger partial charge on any atom is -0.444 e. The number of hydrogen-bond acceptors (Lipinski definition) is 6. The SMILES string of the molecule is CC(C)(C)OC[C@@H](NC(=O)CCC(NC(=O)OC(C)(C)C)C1CCCCC1)C(=O)N1CCOCC1. The van der Waals surface area contributed by atoms with E-state index in [1.165, 1.54) is 6.42 Å². The Balaban J connectivity index is 1.99. The van der Waals surface area contributed by atoms with Crippen LogP contribution in [0.1, 0.15) is 86.5 Å². The van der Waals surface area contributed by atoms with E-state index in [1.807, 2.05) is 41.5 Å². The summed E-state index contributed by atoms with van der Waals surface area (Å²) in [6.45, 7) is 13.4. The van der Waals surface area contributed by atoms with Gasteiger partial charge in [0.1, 0.15) is 11.6 Å². The molecule has 0 aromatic rings. The van der Waals surface area contributed by atoms with Gasteiger partial charge in [-0.05, 0) is 66.7 Å². The van der Waals surface area contributed by atoms with Crippen molar-refractivity contribution < 1.29 is 28.6 Å². The lowest BCUT2D eigenvalue weighted by Gasteiger charge is -2.33. The van der Waals surface area contributed by atoms with Gasteiger partial charge in [0, 0.05) is 25.6 Å². The summed E-state index contributed by atoms with van der Waals surface area (Å²) in [5, 5.41) is 5.91. The van der Waals surface area contributed by atoms with E-state index in [2.05, 4.69) is 10.6 Å². The van der Waals surface area contributed by atoms with Crippen molar-refractivity contribution in [2.75, 3.05) is 32.9 Å². The van der Waals surface area contributed by atoms with Gasteiger partial charge in [-0.15, -0.1) is 0 Å². The maximum Gasteiger partial charge on any atom is 0.407 e. The molecule has 2 atom stereocenters. The van der Waals surface area contributed by atoms with Gasteiger partial charge in [-0.3, -0.25) is 9.59 Å². The van der Waals surface area contributed by atoms with Crippen molar-refractivity contribution in [3.05, 3.63) is 0 Å². The van der Waals surface area contributed by atoms with Crippen LogP contribution in [0.3, 0.4) is 0 Å². The Morgan fingerprint density at radius 3 is 2.14 bits per heavy atom. The Hall–Kier alpha value is -1.87. The van der Waals surface area contributed by atoms with E-state index in [-0.39, 0.29) is 30.9 Å². The number of ether oxygens (including phenoxy) is 3. The first-order chi connectivity index (χ1) is 16.3. The summed E-state index contributed by atoms with van der Waals surface area (Å²) >= 11 is 0. The summed E-state index contributed by atoms with van der Waals surface area (Å²) < 4.78 is 16.7. The quantitative estimate of drug-likeness (QED) is 0.506. The van der Waals surface area contributed by atoms with Crippen molar-refractivity contribution in [1.29, 1.82) is 0 Å². The van der Waals surface area contributed by atoms with Gasteiger partial charge in [-0.2, -0.15) is 0 Å². The van der Waals surface area contributed by atoms with Crippen molar-refractivity contribution >= 4 is 17.9 Å². The van der Waals surface area contributed by atoms with Crippen LogP contribution in [0.5, 0.6) is 0 Å². The lowest BCUT2D eigenvalue weighted by molar-refractivity contribution is -0.143. The minimum absolute atomic E-state index is 0.105. The van der Waals surface area contributed by atoms with Gasteiger partial charge in [-0.25, -0.2) is 4.79 Å². The third-order valence-corrected chi connectivity index (χ3v) is 6.24. The normalized spacial score (nSPS) is 19.5. The molecular weight excluding hydrogens is 450 g/mol. The van der Waals surface area contributed by atoms with Crippen molar-refractivity contribution in [2.45, 2.75) is 110 Å². The maximum absolute atomic E-state index is 13.1. The third-order valence-electron chi connectivity index (χ3n) is 6.24. The number of alkyl carbamates (subject to hydrolysis) is 1. The number of amides is 3. The van der Waals surface area contributed by atoms with E-state index in [9.17, 15) is 14.4 Å². The lowest BCUT2D eigenvalue weighted by atomic mass is 9.82. The number of hydrogen-bond donors (Lipinski definition) is 2. The smallest absolute Gasteiger partial charge is 0.407 e. The molecule has 3 amide bonds. The van der Waals surface area contributed by atoms with Crippen LogP contribution in [-0.4, -0.2) is 79.0 Å². The van der Waals surface area contributed by atoms with Crippen molar-refractivity contribution in [2.24, 2.45) is 5.92 Å². The average Bonchev–Trinajstić information content (AvgIpc) is 2.78. The summed E-state index contributed by atoms with van der Waals surface area (Å²) in [7, 11) is 0. The van der Waals surface area contributed by atoms with E-state index >= 15 is 0 Å². The van der Waals surface area contributed by atoms with E-state index < -0.39 is 23.3 Å². The van der Waals surface area contributed by atoms with Crippen LogP contribution in [-0.2, 0) is 23.8 Å². The van der Waals surface area contributed by atoms with Crippen LogP contribution in [0.15, 0.2) is 0 Å². The summed E-state index contributed by atoms with van der Waals surface area (Å²) in [5.41, 5.74) is -1.02. The third kappa shape index (κ3) is 11.6. The van der Waals surface area contributed by atoms with Crippen molar-refractivity contribution in [3.63, 3.8) is 0 Å². The summed E-state index contributed by atoms with van der Waals surface area (Å²) in [6, 6.07) is -0.901. The molecule has 202 valence electrons. The minimum atomic E-state index is -0.758. The molecule has 0 aromatic carbocycles. The fourth-order valence-electron chi connectivity index (χ4n) is 4.49. The summed E-state index contributed by atoms with van der Waals surface area (Å²) in [4.78, 5) is 40.3. The Labute approximate surface area is 211 Å². The zero-order chi connectivity index (χ0) is 26.1. The van der Waals surface area contributed by atoms with Gasteiger partial charge in [-0.1, -0.05) is 19.3 Å². The van der Waals surface area contributed by atoms with Gasteiger partial charge in [0.15, 0.2) is 0 Å². The predicted octanol–water partition coefficient (Wildman–Crippen LogP) is 3.40. The lowest BCUT2D eigenvalue weighted by Crippen LogP contribution is -2.54. The zero-order valence-corrected chi connectivity index (χ0v) is 22.6. The molecular formula is C26H47N3O6. The van der Waals surface area contributed by atoms with E-state index in [0.29, 0.717) is 38.6 Å². The summed E-state index contributed by atoms with van der Waals surface area (Å²) in [6.07, 6.45) is 5.77. The maximum atomic E-state index is 13.1. The highest BCUT2D eigenvalue weighted by atomic mass is 16.6. The van der Waals surface area contributed by atoms with Crippen LogP contribution in [0.4, 0.5) is 4.79 Å². The van der Waals surface area contributed by atoms with Gasteiger partial charge < -0.3 is 29.7 Å². The first-order valence-corrected chi connectivity index (χ1v) is 13.1. The number of carbonyl (C=O) groups is 3. The standard InChI is InChI=1S/C26H47N3O6/c1-25(2,3)34-18-21(23(31)29-14-16-33-17-15-29)27-22(30)13-12-20(19-10-8-7-9-11-19)28-24(32)35-26(4,5)6/h19-21H,7-18H2,1-6H3,(H,27,30)(H,28,32)/t20?,21-/m1/s1. The molecule has 0 aromatic heterocycles. The molecule has 1 saturated heterocycles. The first-order valence-electron chi connectivity index (χ1n) is 13.1. The molecule has 1 aliphatic heterocycles. The fraction of sp³-hybridized carbons (Fsp3) is 0.885. The number of nitrogens with one attached hydrogen (secondary N) is 2. The number of rotatable bonds is 9. The topological polar surface area (TPSA) is 106 Å². The second-order valence-electron chi connectivity index (χ2n) is 11.7. The Morgan fingerprint density at radius 1 is 0.943 bits per heavy atom. The van der Waals surface area contributed by atoms with Gasteiger partial charge in [0.25, 0.3) is 0 Å². The van der Waals surface area contributed by atoms with Gasteiger partial charge in [0.05, 0.1) is 25.4 Å². The number of morpholine rings is 1. The zero-order valence-electron chi connectivity index (χ0n) is 22.6. The Bertz CT molecular complexity index is 688. The molecule has 9 nitrogen and oxygen atoms in total. The Kier molecular flexibility index (Phi) is 11.3.